The summed E-state index contributed by atoms with van der Waals surface area (Å²) in [5.41, 5.74) is 1.42. The molecule has 0 unspecified atom stereocenters. The fourth-order valence-electron chi connectivity index (χ4n) is 2.88. The number of amides is 1. The smallest absolute Gasteiger partial charge is 0.276 e. The van der Waals surface area contributed by atoms with E-state index < -0.39 is 32.5 Å². The van der Waals surface area contributed by atoms with Crippen molar-refractivity contribution in [1.29, 1.82) is 0 Å². The fourth-order valence-corrected chi connectivity index (χ4v) is 4.14. The second-order valence-corrected chi connectivity index (χ2v) is 8.96. The van der Waals surface area contributed by atoms with E-state index in [0.29, 0.717) is 22.5 Å². The van der Waals surface area contributed by atoms with Crippen molar-refractivity contribution in [2.45, 2.75) is 4.90 Å². The van der Waals surface area contributed by atoms with E-state index in [1.165, 1.54) is 28.9 Å². The summed E-state index contributed by atoms with van der Waals surface area (Å²) in [5.74, 6) is -2.88. The van der Waals surface area contributed by atoms with Crippen LogP contribution >= 0.6 is 11.6 Å². The maximum Gasteiger partial charge on any atom is 0.276 e. The SMILES string of the molecule is O=C(Nc1ccc(NS(=O)(=O)c2ccc(F)c(F)c2)cc1)c1ccn(-c2cccc(Cl)c2)n1. The molecule has 0 radical (unpaired) electrons. The Morgan fingerprint density at radius 1 is 0.909 bits per heavy atom. The Bertz CT molecular complexity index is 1440. The number of hydrogen-bond acceptors (Lipinski definition) is 4. The number of nitrogens with zero attached hydrogens (tertiary/aromatic N) is 2. The van der Waals surface area contributed by atoms with Crippen molar-refractivity contribution in [2.75, 3.05) is 10.0 Å². The predicted octanol–water partition coefficient (Wildman–Crippen LogP) is 4.86. The zero-order valence-electron chi connectivity index (χ0n) is 16.7. The van der Waals surface area contributed by atoms with Crippen molar-refractivity contribution in [3.8, 4) is 5.69 Å². The Morgan fingerprint density at radius 3 is 2.33 bits per heavy atom. The number of nitrogens with one attached hydrogen (secondary N) is 2. The molecule has 0 atom stereocenters. The van der Waals surface area contributed by atoms with Crippen LogP contribution in [0.15, 0.2) is 83.9 Å². The third-order valence-corrected chi connectivity index (χ3v) is 6.10. The van der Waals surface area contributed by atoms with E-state index >= 15 is 0 Å². The van der Waals surface area contributed by atoms with Crippen LogP contribution < -0.4 is 10.0 Å². The number of benzene rings is 3. The number of carbonyl (C=O) groups is 1. The minimum Gasteiger partial charge on any atom is -0.321 e. The van der Waals surface area contributed by atoms with Crippen LogP contribution in [-0.2, 0) is 10.0 Å². The van der Waals surface area contributed by atoms with Crippen LogP contribution in [0.4, 0.5) is 20.2 Å². The summed E-state index contributed by atoms with van der Waals surface area (Å²) in [6.45, 7) is 0. The number of hydrogen-bond donors (Lipinski definition) is 2. The molecule has 168 valence electrons. The van der Waals surface area contributed by atoms with Gasteiger partial charge >= 0.3 is 0 Å². The van der Waals surface area contributed by atoms with Crippen LogP contribution in [0.5, 0.6) is 0 Å². The Kier molecular flexibility index (Phi) is 6.12. The Hall–Kier alpha value is -3.76. The lowest BCUT2D eigenvalue weighted by atomic mass is 10.3. The molecule has 0 saturated heterocycles. The van der Waals surface area contributed by atoms with E-state index in [2.05, 4.69) is 15.1 Å². The first-order valence-corrected chi connectivity index (χ1v) is 11.3. The minimum absolute atomic E-state index is 0.165. The second kappa shape index (κ2) is 9.00. The standard InChI is InChI=1S/C22H15ClF2N4O3S/c23-14-2-1-3-17(12-14)29-11-10-21(27-29)22(30)26-15-4-6-16(7-5-15)28-33(31,32)18-8-9-19(24)20(25)13-18/h1-13,28H,(H,26,30). The zero-order chi connectivity index (χ0) is 23.6. The molecule has 1 amide bonds. The molecule has 0 saturated carbocycles. The van der Waals surface area contributed by atoms with Gasteiger partial charge in [0.1, 0.15) is 0 Å². The van der Waals surface area contributed by atoms with E-state index in [0.717, 1.165) is 12.1 Å². The summed E-state index contributed by atoms with van der Waals surface area (Å²) in [4.78, 5) is 12.1. The van der Waals surface area contributed by atoms with E-state index in [-0.39, 0.29) is 11.4 Å². The van der Waals surface area contributed by atoms with Crippen molar-refractivity contribution in [2.24, 2.45) is 0 Å². The molecule has 2 N–H and O–H groups in total. The number of aromatic nitrogens is 2. The molecule has 7 nitrogen and oxygen atoms in total. The average Bonchev–Trinajstić information content (AvgIpc) is 3.27. The number of carbonyl (C=O) groups excluding carboxylic acids is 1. The molecule has 0 spiro atoms. The van der Waals surface area contributed by atoms with Crippen molar-refractivity contribution in [1.82, 2.24) is 9.78 Å². The summed E-state index contributed by atoms with van der Waals surface area (Å²) in [6.07, 6.45) is 1.62. The maximum atomic E-state index is 13.4. The molecular weight excluding hydrogens is 474 g/mol. The molecule has 0 aliphatic rings. The van der Waals surface area contributed by atoms with Gasteiger partial charge in [0.05, 0.1) is 10.6 Å². The lowest BCUT2D eigenvalue weighted by Crippen LogP contribution is -2.14. The van der Waals surface area contributed by atoms with Gasteiger partial charge in [-0.1, -0.05) is 17.7 Å². The molecule has 11 heteroatoms. The summed E-state index contributed by atoms with van der Waals surface area (Å²) in [7, 11) is -4.12. The van der Waals surface area contributed by atoms with E-state index in [1.54, 1.807) is 36.5 Å². The average molecular weight is 489 g/mol. The van der Waals surface area contributed by atoms with Crippen molar-refractivity contribution >= 4 is 38.9 Å². The molecule has 4 rings (SSSR count). The molecule has 0 aliphatic carbocycles. The molecule has 1 aromatic heterocycles. The molecular formula is C22H15ClF2N4O3S. The predicted molar refractivity (Wildman–Crippen MR) is 120 cm³/mol. The lowest BCUT2D eigenvalue weighted by Gasteiger charge is -2.09. The highest BCUT2D eigenvalue weighted by Gasteiger charge is 2.17. The highest BCUT2D eigenvalue weighted by molar-refractivity contribution is 7.92. The van der Waals surface area contributed by atoms with E-state index in [1.807, 2.05) is 0 Å². The number of halogens is 3. The first-order valence-electron chi connectivity index (χ1n) is 9.42. The first kappa shape index (κ1) is 22.4. The van der Waals surface area contributed by atoms with Gasteiger partial charge in [0.25, 0.3) is 15.9 Å². The van der Waals surface area contributed by atoms with Gasteiger partial charge in [0.15, 0.2) is 17.3 Å². The quantitative estimate of drug-likeness (QED) is 0.405. The molecule has 4 aromatic rings. The van der Waals surface area contributed by atoms with Gasteiger partial charge in [-0.3, -0.25) is 9.52 Å². The fraction of sp³-hybridized carbons (Fsp3) is 0. The zero-order valence-corrected chi connectivity index (χ0v) is 18.2. The van der Waals surface area contributed by atoms with Crippen LogP contribution in [0.1, 0.15) is 10.5 Å². The number of rotatable bonds is 6. The van der Waals surface area contributed by atoms with Crippen LogP contribution in [0.25, 0.3) is 5.69 Å². The summed E-state index contributed by atoms with van der Waals surface area (Å²) >= 11 is 5.98. The Balaban J connectivity index is 1.43. The minimum atomic E-state index is -4.12. The number of anilines is 2. The summed E-state index contributed by atoms with van der Waals surface area (Å²) in [5, 5.41) is 7.42. The first-order chi connectivity index (χ1) is 15.7. The topological polar surface area (TPSA) is 93.1 Å². The molecule has 3 aromatic carbocycles. The molecule has 0 bridgehead atoms. The van der Waals surface area contributed by atoms with Gasteiger partial charge in [-0.05, 0) is 66.7 Å². The molecule has 0 aliphatic heterocycles. The highest BCUT2D eigenvalue weighted by Crippen LogP contribution is 2.20. The molecule has 1 heterocycles. The van der Waals surface area contributed by atoms with Crippen LogP contribution in [0.2, 0.25) is 5.02 Å². The lowest BCUT2D eigenvalue weighted by molar-refractivity contribution is 0.102. The van der Waals surface area contributed by atoms with Gasteiger partial charge < -0.3 is 5.32 Å². The largest absolute Gasteiger partial charge is 0.321 e. The third kappa shape index (κ3) is 5.18. The Labute approximate surface area is 192 Å². The van der Waals surface area contributed by atoms with Gasteiger partial charge in [0.2, 0.25) is 0 Å². The highest BCUT2D eigenvalue weighted by atomic mass is 35.5. The molecule has 0 fully saturated rings. The van der Waals surface area contributed by atoms with Crippen LogP contribution in [-0.4, -0.2) is 24.1 Å². The summed E-state index contributed by atoms with van der Waals surface area (Å²) in [6, 6.07) is 16.6. The normalized spacial score (nSPS) is 11.2. The molecule has 33 heavy (non-hydrogen) atoms. The van der Waals surface area contributed by atoms with Crippen LogP contribution in [0.3, 0.4) is 0 Å². The van der Waals surface area contributed by atoms with E-state index in [4.69, 9.17) is 11.6 Å². The van der Waals surface area contributed by atoms with Crippen molar-refractivity contribution < 1.29 is 22.0 Å². The summed E-state index contributed by atoms with van der Waals surface area (Å²) < 4.78 is 54.9. The maximum absolute atomic E-state index is 13.4. The Morgan fingerprint density at radius 2 is 1.64 bits per heavy atom. The van der Waals surface area contributed by atoms with Crippen LogP contribution in [0, 0.1) is 11.6 Å². The van der Waals surface area contributed by atoms with Gasteiger partial charge in [0, 0.05) is 22.6 Å². The second-order valence-electron chi connectivity index (χ2n) is 6.84. The van der Waals surface area contributed by atoms with Crippen molar-refractivity contribution in [3.63, 3.8) is 0 Å². The monoisotopic (exact) mass is 488 g/mol. The van der Waals surface area contributed by atoms with Gasteiger partial charge in [-0.2, -0.15) is 5.10 Å². The third-order valence-electron chi connectivity index (χ3n) is 4.49. The van der Waals surface area contributed by atoms with E-state index in [9.17, 15) is 22.0 Å². The van der Waals surface area contributed by atoms with Gasteiger partial charge in [-0.25, -0.2) is 21.9 Å². The number of sulfonamides is 1. The van der Waals surface area contributed by atoms with Crippen molar-refractivity contribution in [3.05, 3.63) is 101 Å². The van der Waals surface area contributed by atoms with Gasteiger partial charge in [-0.15, -0.1) is 0 Å².